The number of carbonyl (C=O) groups is 1. The lowest BCUT2D eigenvalue weighted by atomic mass is 10.0. The summed E-state index contributed by atoms with van der Waals surface area (Å²) in [6, 6.07) is 1.80. The maximum absolute atomic E-state index is 10.8. The van der Waals surface area contributed by atoms with Gasteiger partial charge in [0.2, 0.25) is 0 Å². The lowest BCUT2D eigenvalue weighted by molar-refractivity contribution is 0.112. The van der Waals surface area contributed by atoms with Gasteiger partial charge in [0.25, 0.3) is 0 Å². The number of hydrogen-bond donors (Lipinski definition) is 1. The SMILES string of the molecule is CC.Cc1c(C=O)c(O)c(C)c2occc12. The lowest BCUT2D eigenvalue weighted by Crippen LogP contribution is -1.91. The number of fused-ring (bicyclic) bond motifs is 1. The maximum Gasteiger partial charge on any atom is 0.154 e. The highest BCUT2D eigenvalue weighted by Crippen LogP contribution is 2.33. The molecule has 3 heteroatoms. The number of rotatable bonds is 1. The molecule has 0 radical (unpaired) electrons. The van der Waals surface area contributed by atoms with Crippen molar-refractivity contribution in [1.29, 1.82) is 0 Å². The first-order valence-electron chi connectivity index (χ1n) is 5.31. The van der Waals surface area contributed by atoms with Gasteiger partial charge < -0.3 is 9.52 Å². The van der Waals surface area contributed by atoms with Crippen LogP contribution in [0.15, 0.2) is 16.7 Å². The summed E-state index contributed by atoms with van der Waals surface area (Å²) in [4.78, 5) is 10.8. The van der Waals surface area contributed by atoms with E-state index in [2.05, 4.69) is 0 Å². The van der Waals surface area contributed by atoms with E-state index in [4.69, 9.17) is 4.42 Å². The molecule has 2 rings (SSSR count). The monoisotopic (exact) mass is 220 g/mol. The molecule has 3 nitrogen and oxygen atoms in total. The fraction of sp³-hybridized carbons (Fsp3) is 0.308. The van der Waals surface area contributed by atoms with E-state index in [0.717, 1.165) is 10.9 Å². The first-order chi connectivity index (χ1) is 7.66. The van der Waals surface area contributed by atoms with Gasteiger partial charge in [0.1, 0.15) is 11.3 Å². The van der Waals surface area contributed by atoms with Gasteiger partial charge in [-0.25, -0.2) is 0 Å². The second-order valence-electron chi connectivity index (χ2n) is 3.29. The Morgan fingerprint density at radius 3 is 2.44 bits per heavy atom. The minimum absolute atomic E-state index is 0.0138. The molecule has 1 heterocycles. The molecule has 0 atom stereocenters. The van der Waals surface area contributed by atoms with Crippen LogP contribution in [0.25, 0.3) is 11.0 Å². The molecule has 86 valence electrons. The molecule has 2 aromatic rings. The number of phenols is 1. The van der Waals surface area contributed by atoms with E-state index in [1.54, 1.807) is 26.2 Å². The summed E-state index contributed by atoms with van der Waals surface area (Å²) in [6.07, 6.45) is 2.22. The molecule has 0 amide bonds. The standard InChI is InChI=1S/C11H10O3.C2H6/c1-6-8-3-4-14-11(8)7(2)10(13)9(6)5-12;1-2/h3-5,13H,1-2H3;1-2H3. The minimum Gasteiger partial charge on any atom is -0.507 e. The van der Waals surface area contributed by atoms with E-state index >= 15 is 0 Å². The third-order valence-electron chi connectivity index (χ3n) is 2.54. The molecule has 1 aromatic carbocycles. The third kappa shape index (κ3) is 1.69. The van der Waals surface area contributed by atoms with Crippen LogP contribution in [0.3, 0.4) is 0 Å². The van der Waals surface area contributed by atoms with Gasteiger partial charge in [0.05, 0.1) is 11.8 Å². The fourth-order valence-corrected chi connectivity index (χ4v) is 1.67. The van der Waals surface area contributed by atoms with Gasteiger partial charge in [-0.1, -0.05) is 13.8 Å². The zero-order valence-electron chi connectivity index (χ0n) is 10.00. The second kappa shape index (κ2) is 4.84. The molecule has 0 fully saturated rings. The number of furan rings is 1. The van der Waals surface area contributed by atoms with E-state index in [-0.39, 0.29) is 5.75 Å². The van der Waals surface area contributed by atoms with Gasteiger partial charge >= 0.3 is 0 Å². The van der Waals surface area contributed by atoms with E-state index in [1.807, 2.05) is 13.8 Å². The summed E-state index contributed by atoms with van der Waals surface area (Å²) in [6.45, 7) is 7.52. The Morgan fingerprint density at radius 1 is 1.25 bits per heavy atom. The smallest absolute Gasteiger partial charge is 0.154 e. The van der Waals surface area contributed by atoms with Crippen LogP contribution in [0.4, 0.5) is 0 Å². The quantitative estimate of drug-likeness (QED) is 0.747. The molecule has 1 aromatic heterocycles. The molecule has 0 unspecified atom stereocenters. The Balaban J connectivity index is 0.000000606. The molecular formula is C13H16O3. The highest BCUT2D eigenvalue weighted by Gasteiger charge is 2.15. The molecule has 16 heavy (non-hydrogen) atoms. The molecule has 0 saturated heterocycles. The maximum atomic E-state index is 10.8. The number of hydrogen-bond acceptors (Lipinski definition) is 3. The predicted molar refractivity (Wildman–Crippen MR) is 64.1 cm³/mol. The van der Waals surface area contributed by atoms with Crippen molar-refractivity contribution in [2.24, 2.45) is 0 Å². The predicted octanol–water partition coefficient (Wildman–Crippen LogP) is 3.59. The first-order valence-corrected chi connectivity index (χ1v) is 5.31. The van der Waals surface area contributed by atoms with Crippen LogP contribution in [0, 0.1) is 13.8 Å². The minimum atomic E-state index is 0.0138. The van der Waals surface area contributed by atoms with Crippen molar-refractivity contribution in [2.75, 3.05) is 0 Å². The van der Waals surface area contributed by atoms with Crippen LogP contribution < -0.4 is 0 Å². The van der Waals surface area contributed by atoms with Gasteiger partial charge in [-0.15, -0.1) is 0 Å². The third-order valence-corrected chi connectivity index (χ3v) is 2.54. The number of aromatic hydroxyl groups is 1. The fourth-order valence-electron chi connectivity index (χ4n) is 1.67. The zero-order chi connectivity index (χ0) is 12.3. The number of phenolic OH excluding ortho intramolecular Hbond substituents is 1. The Morgan fingerprint density at radius 2 is 1.88 bits per heavy atom. The molecule has 1 N–H and O–H groups in total. The van der Waals surface area contributed by atoms with Gasteiger partial charge in [-0.3, -0.25) is 4.79 Å². The normalized spacial score (nSPS) is 9.75. The van der Waals surface area contributed by atoms with Crippen LogP contribution in [-0.4, -0.2) is 11.4 Å². The van der Waals surface area contributed by atoms with Crippen LogP contribution in [0.5, 0.6) is 5.75 Å². The van der Waals surface area contributed by atoms with E-state index in [0.29, 0.717) is 23.0 Å². The van der Waals surface area contributed by atoms with Crippen molar-refractivity contribution < 1.29 is 14.3 Å². The van der Waals surface area contributed by atoms with E-state index in [9.17, 15) is 9.90 Å². The van der Waals surface area contributed by atoms with Crippen molar-refractivity contribution >= 4 is 17.3 Å². The zero-order valence-corrected chi connectivity index (χ0v) is 10.00. The first kappa shape index (κ1) is 12.3. The molecule has 0 aliphatic rings. The molecule has 0 aliphatic heterocycles. The molecule has 0 spiro atoms. The Bertz CT molecular complexity index is 509. The number of carbonyl (C=O) groups excluding carboxylic acids is 1. The van der Waals surface area contributed by atoms with E-state index in [1.165, 1.54) is 0 Å². The van der Waals surface area contributed by atoms with Gasteiger partial charge in [0, 0.05) is 10.9 Å². The van der Waals surface area contributed by atoms with Crippen molar-refractivity contribution in [3.63, 3.8) is 0 Å². The van der Waals surface area contributed by atoms with Crippen molar-refractivity contribution in [3.8, 4) is 5.75 Å². The number of aldehydes is 1. The average molecular weight is 220 g/mol. The van der Waals surface area contributed by atoms with Crippen LogP contribution >= 0.6 is 0 Å². The number of benzene rings is 1. The van der Waals surface area contributed by atoms with Crippen molar-refractivity contribution in [3.05, 3.63) is 29.0 Å². The largest absolute Gasteiger partial charge is 0.507 e. The second-order valence-corrected chi connectivity index (χ2v) is 3.29. The molecule has 0 bridgehead atoms. The highest BCUT2D eigenvalue weighted by atomic mass is 16.3. The van der Waals surface area contributed by atoms with Crippen LogP contribution in [-0.2, 0) is 0 Å². The van der Waals surface area contributed by atoms with Crippen molar-refractivity contribution in [2.45, 2.75) is 27.7 Å². The van der Waals surface area contributed by atoms with Crippen LogP contribution in [0.1, 0.15) is 35.3 Å². The van der Waals surface area contributed by atoms with Crippen LogP contribution in [0.2, 0.25) is 0 Å². The summed E-state index contributed by atoms with van der Waals surface area (Å²) < 4.78 is 5.23. The summed E-state index contributed by atoms with van der Waals surface area (Å²) in [5.41, 5.74) is 2.35. The Kier molecular flexibility index (Phi) is 3.72. The highest BCUT2D eigenvalue weighted by molar-refractivity contribution is 5.95. The van der Waals surface area contributed by atoms with Crippen molar-refractivity contribution in [1.82, 2.24) is 0 Å². The van der Waals surface area contributed by atoms with Gasteiger partial charge in [-0.2, -0.15) is 0 Å². The summed E-state index contributed by atoms with van der Waals surface area (Å²) in [5, 5.41) is 10.6. The average Bonchev–Trinajstić information content (AvgIpc) is 2.79. The molecular weight excluding hydrogens is 204 g/mol. The molecule has 0 aliphatic carbocycles. The van der Waals surface area contributed by atoms with E-state index < -0.39 is 0 Å². The summed E-state index contributed by atoms with van der Waals surface area (Å²) in [7, 11) is 0. The summed E-state index contributed by atoms with van der Waals surface area (Å²) in [5.74, 6) is 0.0138. The molecule has 0 saturated carbocycles. The topological polar surface area (TPSA) is 50.4 Å². The summed E-state index contributed by atoms with van der Waals surface area (Å²) >= 11 is 0. The number of aryl methyl sites for hydroxylation is 2. The lowest BCUT2D eigenvalue weighted by Gasteiger charge is -2.06. The Labute approximate surface area is 94.7 Å². The Hall–Kier alpha value is -1.77. The van der Waals surface area contributed by atoms with Gasteiger partial charge in [-0.05, 0) is 25.5 Å². The van der Waals surface area contributed by atoms with Gasteiger partial charge in [0.15, 0.2) is 6.29 Å².